The van der Waals surface area contributed by atoms with Crippen molar-refractivity contribution in [1.29, 1.82) is 0 Å². The molecule has 2 rings (SSSR count). The Morgan fingerprint density at radius 1 is 1.11 bits per heavy atom. The summed E-state index contributed by atoms with van der Waals surface area (Å²) >= 11 is 0. The van der Waals surface area contributed by atoms with Gasteiger partial charge in [0.1, 0.15) is 17.2 Å². The SMILES string of the molecule is CC(C)(C)OC(=O)Nc1ccc(O)c(C(=O)NCCc2ccc(F)cc2)c1. The van der Waals surface area contributed by atoms with Crippen LogP contribution >= 0.6 is 0 Å². The lowest BCUT2D eigenvalue weighted by atomic mass is 10.1. The number of carbonyl (C=O) groups is 2. The van der Waals surface area contributed by atoms with Gasteiger partial charge in [0.2, 0.25) is 0 Å². The van der Waals surface area contributed by atoms with Crippen LogP contribution in [0.1, 0.15) is 36.7 Å². The molecule has 2 aromatic carbocycles. The van der Waals surface area contributed by atoms with Gasteiger partial charge >= 0.3 is 6.09 Å². The first-order chi connectivity index (χ1) is 12.6. The minimum Gasteiger partial charge on any atom is -0.507 e. The number of ether oxygens (including phenoxy) is 1. The number of phenols is 1. The monoisotopic (exact) mass is 374 g/mol. The molecule has 2 amide bonds. The molecule has 7 heteroatoms. The fraction of sp³-hybridized carbons (Fsp3) is 0.300. The van der Waals surface area contributed by atoms with Crippen LogP contribution in [0.2, 0.25) is 0 Å². The summed E-state index contributed by atoms with van der Waals surface area (Å²) in [5.41, 5.74) is 0.580. The predicted molar refractivity (Wildman–Crippen MR) is 100 cm³/mol. The molecule has 144 valence electrons. The smallest absolute Gasteiger partial charge is 0.412 e. The van der Waals surface area contributed by atoms with Gasteiger partial charge in [-0.05, 0) is 63.1 Å². The summed E-state index contributed by atoms with van der Waals surface area (Å²) in [5.74, 6) is -1.01. The summed E-state index contributed by atoms with van der Waals surface area (Å²) < 4.78 is 18.0. The van der Waals surface area contributed by atoms with Crippen LogP contribution in [0.15, 0.2) is 42.5 Å². The van der Waals surface area contributed by atoms with E-state index in [0.29, 0.717) is 18.7 Å². The summed E-state index contributed by atoms with van der Waals surface area (Å²) in [6, 6.07) is 10.2. The van der Waals surface area contributed by atoms with Crippen molar-refractivity contribution in [3.63, 3.8) is 0 Å². The summed E-state index contributed by atoms with van der Waals surface area (Å²) in [4.78, 5) is 24.1. The third-order valence-electron chi connectivity index (χ3n) is 3.50. The van der Waals surface area contributed by atoms with Crippen molar-refractivity contribution in [2.75, 3.05) is 11.9 Å². The summed E-state index contributed by atoms with van der Waals surface area (Å²) in [5, 5.41) is 15.1. The van der Waals surface area contributed by atoms with Gasteiger partial charge in [-0.2, -0.15) is 0 Å². The molecule has 0 bridgehead atoms. The third-order valence-corrected chi connectivity index (χ3v) is 3.50. The van der Waals surface area contributed by atoms with E-state index in [1.165, 1.54) is 30.3 Å². The maximum absolute atomic E-state index is 12.9. The van der Waals surface area contributed by atoms with Crippen LogP contribution in [0, 0.1) is 5.82 Å². The summed E-state index contributed by atoms with van der Waals surface area (Å²) in [7, 11) is 0. The lowest BCUT2D eigenvalue weighted by Crippen LogP contribution is -2.28. The van der Waals surface area contributed by atoms with Crippen LogP contribution in [0.5, 0.6) is 5.75 Å². The molecule has 6 nitrogen and oxygen atoms in total. The molecule has 0 aliphatic rings. The van der Waals surface area contributed by atoms with Crippen LogP contribution in [0.4, 0.5) is 14.9 Å². The average Bonchev–Trinajstić information content (AvgIpc) is 2.56. The molecule has 0 heterocycles. The van der Waals surface area contributed by atoms with E-state index in [-0.39, 0.29) is 17.1 Å². The average molecular weight is 374 g/mol. The number of anilines is 1. The fourth-order valence-corrected chi connectivity index (χ4v) is 2.28. The highest BCUT2D eigenvalue weighted by Gasteiger charge is 2.17. The van der Waals surface area contributed by atoms with Crippen LogP contribution in [0.3, 0.4) is 0 Å². The van der Waals surface area contributed by atoms with Crippen LogP contribution in [0.25, 0.3) is 0 Å². The second kappa shape index (κ2) is 8.53. The molecule has 0 radical (unpaired) electrons. The van der Waals surface area contributed by atoms with Crippen molar-refractivity contribution in [1.82, 2.24) is 5.32 Å². The zero-order chi connectivity index (χ0) is 20.0. The third kappa shape index (κ3) is 6.62. The van der Waals surface area contributed by atoms with Gasteiger partial charge in [-0.25, -0.2) is 9.18 Å². The van der Waals surface area contributed by atoms with E-state index in [1.54, 1.807) is 32.9 Å². The van der Waals surface area contributed by atoms with Gasteiger partial charge in [0.25, 0.3) is 5.91 Å². The van der Waals surface area contributed by atoms with Gasteiger partial charge in [-0.3, -0.25) is 10.1 Å². The maximum atomic E-state index is 12.9. The molecule has 0 aliphatic carbocycles. The number of halogens is 1. The van der Waals surface area contributed by atoms with Crippen molar-refractivity contribution in [3.8, 4) is 5.75 Å². The quantitative estimate of drug-likeness (QED) is 0.694. The Hall–Kier alpha value is -3.09. The Balaban J connectivity index is 1.96. The Kier molecular flexibility index (Phi) is 6.39. The minimum absolute atomic E-state index is 0.0302. The first-order valence-electron chi connectivity index (χ1n) is 8.50. The number of amides is 2. The number of phenolic OH excluding ortho intramolecular Hbond substituents is 1. The molecule has 27 heavy (non-hydrogen) atoms. The first kappa shape index (κ1) is 20.2. The predicted octanol–water partition coefficient (Wildman–Crippen LogP) is 3.85. The Bertz CT molecular complexity index is 814. The number of hydrogen-bond acceptors (Lipinski definition) is 4. The van der Waals surface area contributed by atoms with Gasteiger partial charge in [0.15, 0.2) is 0 Å². The van der Waals surface area contributed by atoms with Crippen molar-refractivity contribution in [2.45, 2.75) is 32.8 Å². The largest absolute Gasteiger partial charge is 0.507 e. The van der Waals surface area contributed by atoms with E-state index in [0.717, 1.165) is 5.56 Å². The molecule has 0 saturated carbocycles. The van der Waals surface area contributed by atoms with Crippen molar-refractivity contribution in [2.24, 2.45) is 0 Å². The normalized spacial score (nSPS) is 11.0. The minimum atomic E-state index is -0.657. The number of rotatable bonds is 5. The second-order valence-corrected chi connectivity index (χ2v) is 6.99. The molecule has 0 fully saturated rings. The molecular formula is C20H23FN2O4. The number of hydrogen-bond donors (Lipinski definition) is 3. The molecule has 0 spiro atoms. The maximum Gasteiger partial charge on any atom is 0.412 e. The van der Waals surface area contributed by atoms with Crippen molar-refractivity contribution >= 4 is 17.7 Å². The first-order valence-corrected chi connectivity index (χ1v) is 8.50. The lowest BCUT2D eigenvalue weighted by Gasteiger charge is -2.19. The molecule has 0 aromatic heterocycles. The Morgan fingerprint density at radius 2 is 1.78 bits per heavy atom. The number of benzene rings is 2. The van der Waals surface area contributed by atoms with Crippen LogP contribution in [-0.4, -0.2) is 29.3 Å². The second-order valence-electron chi connectivity index (χ2n) is 6.99. The van der Waals surface area contributed by atoms with Crippen molar-refractivity contribution < 1.29 is 23.8 Å². The van der Waals surface area contributed by atoms with E-state index < -0.39 is 17.6 Å². The van der Waals surface area contributed by atoms with E-state index in [4.69, 9.17) is 4.74 Å². The van der Waals surface area contributed by atoms with E-state index >= 15 is 0 Å². The summed E-state index contributed by atoms with van der Waals surface area (Å²) in [6.45, 7) is 5.53. The fourth-order valence-electron chi connectivity index (χ4n) is 2.28. The van der Waals surface area contributed by atoms with Crippen LogP contribution in [-0.2, 0) is 11.2 Å². The molecule has 0 aliphatic heterocycles. The van der Waals surface area contributed by atoms with Gasteiger partial charge in [0.05, 0.1) is 5.56 Å². The molecule has 0 atom stereocenters. The van der Waals surface area contributed by atoms with E-state index in [9.17, 15) is 19.1 Å². The van der Waals surface area contributed by atoms with Crippen molar-refractivity contribution in [3.05, 3.63) is 59.4 Å². The number of carbonyl (C=O) groups excluding carboxylic acids is 2. The molecule has 0 saturated heterocycles. The van der Waals surface area contributed by atoms with Crippen LogP contribution < -0.4 is 10.6 Å². The zero-order valence-corrected chi connectivity index (χ0v) is 15.5. The molecular weight excluding hydrogens is 351 g/mol. The number of aromatic hydroxyl groups is 1. The van der Waals surface area contributed by atoms with E-state index in [1.807, 2.05) is 0 Å². The van der Waals surface area contributed by atoms with E-state index in [2.05, 4.69) is 10.6 Å². The summed E-state index contributed by atoms with van der Waals surface area (Å²) in [6.07, 6.45) is -0.140. The van der Waals surface area contributed by atoms with Gasteiger partial charge < -0.3 is 15.2 Å². The molecule has 0 unspecified atom stereocenters. The van der Waals surface area contributed by atoms with Gasteiger partial charge in [0, 0.05) is 12.2 Å². The zero-order valence-electron chi connectivity index (χ0n) is 15.5. The standard InChI is InChI=1S/C20H23FN2O4/c1-20(2,3)27-19(26)23-15-8-9-17(24)16(12-15)18(25)22-11-10-13-4-6-14(21)7-5-13/h4-9,12,24H,10-11H2,1-3H3,(H,22,25)(H,23,26). The molecule has 3 N–H and O–H groups in total. The Morgan fingerprint density at radius 3 is 2.41 bits per heavy atom. The Labute approximate surface area is 157 Å². The highest BCUT2D eigenvalue weighted by Crippen LogP contribution is 2.22. The van der Waals surface area contributed by atoms with Gasteiger partial charge in [-0.15, -0.1) is 0 Å². The van der Waals surface area contributed by atoms with Gasteiger partial charge in [-0.1, -0.05) is 12.1 Å². The topological polar surface area (TPSA) is 87.7 Å². The number of nitrogens with one attached hydrogen (secondary N) is 2. The lowest BCUT2D eigenvalue weighted by molar-refractivity contribution is 0.0635. The highest BCUT2D eigenvalue weighted by molar-refractivity contribution is 5.98. The highest BCUT2D eigenvalue weighted by atomic mass is 19.1. The molecule has 2 aromatic rings.